The molecule has 13 heavy (non-hydrogen) atoms. The van der Waals surface area contributed by atoms with E-state index >= 15 is 0 Å². The summed E-state index contributed by atoms with van der Waals surface area (Å²) < 4.78 is 0. The molecule has 1 aromatic rings. The third-order valence-electron chi connectivity index (χ3n) is 1.96. The van der Waals surface area contributed by atoms with Crippen molar-refractivity contribution in [1.29, 1.82) is 0 Å². The van der Waals surface area contributed by atoms with Crippen molar-refractivity contribution >= 4 is 12.4 Å². The van der Waals surface area contributed by atoms with E-state index in [-0.39, 0.29) is 0 Å². The maximum absolute atomic E-state index is 10.1. The maximum atomic E-state index is 10.1. The summed E-state index contributed by atoms with van der Waals surface area (Å²) in [4.78, 5) is 10.1. The zero-order valence-corrected chi connectivity index (χ0v) is 7.66. The lowest BCUT2D eigenvalue weighted by Crippen LogP contribution is -1.98. The number of aryl methyl sites for hydroxylation is 1. The second-order valence-electron chi connectivity index (χ2n) is 2.89. The van der Waals surface area contributed by atoms with E-state index in [1.54, 1.807) is 6.08 Å². The van der Waals surface area contributed by atoms with Crippen molar-refractivity contribution in [2.75, 3.05) is 0 Å². The minimum Gasteiger partial charge on any atom is -0.326 e. The van der Waals surface area contributed by atoms with Crippen molar-refractivity contribution < 1.29 is 4.79 Å². The normalized spacial score (nSPS) is 10.6. The molecule has 0 unspecified atom stereocenters. The molecule has 0 saturated heterocycles. The first-order chi connectivity index (χ1) is 6.27. The minimum absolute atomic E-state index is 0.536. The molecule has 0 spiro atoms. The summed E-state index contributed by atoms with van der Waals surface area (Å²) in [6, 6.07) is 5.97. The highest BCUT2D eigenvalue weighted by Crippen LogP contribution is 2.11. The summed E-state index contributed by atoms with van der Waals surface area (Å²) >= 11 is 0. The smallest absolute Gasteiger partial charge is 0.142 e. The van der Waals surface area contributed by atoms with Crippen molar-refractivity contribution in [3.63, 3.8) is 0 Å². The fourth-order valence-corrected chi connectivity index (χ4v) is 1.17. The SMILES string of the molecule is Cc1ccc(/C=C/C=O)cc1CN. The van der Waals surface area contributed by atoms with Gasteiger partial charge in [-0.05, 0) is 29.7 Å². The number of benzene rings is 1. The molecule has 2 N–H and O–H groups in total. The Kier molecular flexibility index (Phi) is 3.41. The lowest BCUT2D eigenvalue weighted by molar-refractivity contribution is -0.104. The lowest BCUT2D eigenvalue weighted by atomic mass is 10.0. The van der Waals surface area contributed by atoms with Crippen molar-refractivity contribution in [3.8, 4) is 0 Å². The summed E-state index contributed by atoms with van der Waals surface area (Å²) in [5.41, 5.74) is 8.87. The number of nitrogens with two attached hydrogens (primary N) is 1. The highest BCUT2D eigenvalue weighted by molar-refractivity contribution is 5.73. The molecule has 1 rings (SSSR count). The van der Waals surface area contributed by atoms with E-state index in [9.17, 15) is 4.79 Å². The number of hydrogen-bond acceptors (Lipinski definition) is 2. The second kappa shape index (κ2) is 4.58. The zero-order chi connectivity index (χ0) is 9.68. The number of carbonyl (C=O) groups excluding carboxylic acids is 1. The van der Waals surface area contributed by atoms with Crippen LogP contribution in [-0.2, 0) is 11.3 Å². The van der Waals surface area contributed by atoms with E-state index in [1.165, 1.54) is 11.6 Å². The van der Waals surface area contributed by atoms with E-state index in [1.807, 2.05) is 25.1 Å². The van der Waals surface area contributed by atoms with Crippen LogP contribution in [0.1, 0.15) is 16.7 Å². The fourth-order valence-electron chi connectivity index (χ4n) is 1.17. The number of carbonyl (C=O) groups is 1. The molecule has 0 aliphatic rings. The van der Waals surface area contributed by atoms with Crippen molar-refractivity contribution in [2.24, 2.45) is 5.73 Å². The summed E-state index contributed by atoms with van der Waals surface area (Å²) in [6.45, 7) is 2.56. The Bertz CT molecular complexity index is 329. The monoisotopic (exact) mass is 175 g/mol. The van der Waals surface area contributed by atoms with Crippen LogP contribution in [-0.4, -0.2) is 6.29 Å². The average molecular weight is 175 g/mol. The van der Waals surface area contributed by atoms with E-state index < -0.39 is 0 Å². The highest BCUT2D eigenvalue weighted by Gasteiger charge is 1.95. The van der Waals surface area contributed by atoms with Gasteiger partial charge in [0, 0.05) is 6.54 Å². The molecule has 1 aromatic carbocycles. The third-order valence-corrected chi connectivity index (χ3v) is 1.96. The topological polar surface area (TPSA) is 43.1 Å². The Morgan fingerprint density at radius 1 is 1.46 bits per heavy atom. The number of allylic oxidation sites excluding steroid dienone is 1. The van der Waals surface area contributed by atoms with Crippen molar-refractivity contribution in [1.82, 2.24) is 0 Å². The largest absolute Gasteiger partial charge is 0.326 e. The predicted molar refractivity (Wildman–Crippen MR) is 54.2 cm³/mol. The quantitative estimate of drug-likeness (QED) is 0.561. The molecule has 2 nitrogen and oxygen atoms in total. The summed E-state index contributed by atoms with van der Waals surface area (Å²) in [5.74, 6) is 0. The van der Waals surface area contributed by atoms with Gasteiger partial charge in [-0.1, -0.05) is 24.3 Å². The minimum atomic E-state index is 0.536. The molecule has 0 bridgehead atoms. The fraction of sp³-hybridized carbons (Fsp3) is 0.182. The van der Waals surface area contributed by atoms with Crippen molar-refractivity contribution in [3.05, 3.63) is 41.0 Å². The van der Waals surface area contributed by atoms with Crippen LogP contribution in [0, 0.1) is 6.92 Å². The van der Waals surface area contributed by atoms with Crippen LogP contribution < -0.4 is 5.73 Å². The first-order valence-electron chi connectivity index (χ1n) is 4.19. The first-order valence-corrected chi connectivity index (χ1v) is 4.19. The van der Waals surface area contributed by atoms with Gasteiger partial charge in [-0.25, -0.2) is 0 Å². The number of rotatable bonds is 3. The molecule has 0 aromatic heterocycles. The van der Waals surface area contributed by atoms with Gasteiger partial charge in [0.15, 0.2) is 0 Å². The Morgan fingerprint density at radius 3 is 2.85 bits per heavy atom. The molecule has 0 fully saturated rings. The summed E-state index contributed by atoms with van der Waals surface area (Å²) in [5, 5.41) is 0. The van der Waals surface area contributed by atoms with Gasteiger partial charge in [-0.3, -0.25) is 4.79 Å². The first kappa shape index (κ1) is 9.68. The van der Waals surface area contributed by atoms with E-state index in [0.717, 1.165) is 17.4 Å². The molecule has 0 heterocycles. The summed E-state index contributed by atoms with van der Waals surface area (Å²) in [7, 11) is 0. The Labute approximate surface area is 78.1 Å². The lowest BCUT2D eigenvalue weighted by Gasteiger charge is -2.03. The van der Waals surface area contributed by atoms with Crippen LogP contribution >= 0.6 is 0 Å². The molecule has 0 radical (unpaired) electrons. The van der Waals surface area contributed by atoms with Gasteiger partial charge in [-0.2, -0.15) is 0 Å². The van der Waals surface area contributed by atoms with Gasteiger partial charge in [0.1, 0.15) is 6.29 Å². The van der Waals surface area contributed by atoms with Gasteiger partial charge in [0.25, 0.3) is 0 Å². The van der Waals surface area contributed by atoms with Crippen molar-refractivity contribution in [2.45, 2.75) is 13.5 Å². The Hall–Kier alpha value is -1.41. The Morgan fingerprint density at radius 2 is 2.23 bits per heavy atom. The van der Waals surface area contributed by atoms with E-state index in [0.29, 0.717) is 6.54 Å². The zero-order valence-electron chi connectivity index (χ0n) is 7.66. The van der Waals surface area contributed by atoms with Crippen LogP contribution in [0.3, 0.4) is 0 Å². The van der Waals surface area contributed by atoms with E-state index in [2.05, 4.69) is 0 Å². The maximum Gasteiger partial charge on any atom is 0.142 e. The molecule has 0 atom stereocenters. The molecule has 2 heteroatoms. The molecular weight excluding hydrogens is 162 g/mol. The van der Waals surface area contributed by atoms with Gasteiger partial charge >= 0.3 is 0 Å². The summed E-state index contributed by atoms with van der Waals surface area (Å²) in [6.07, 6.45) is 4.01. The average Bonchev–Trinajstić information content (AvgIpc) is 2.16. The molecule has 68 valence electrons. The molecule has 0 aliphatic heterocycles. The standard InChI is InChI=1S/C11H13NO/c1-9-4-5-10(3-2-6-13)7-11(9)8-12/h2-7H,8,12H2,1H3/b3-2+. The van der Waals surface area contributed by atoms with E-state index in [4.69, 9.17) is 5.73 Å². The number of aldehydes is 1. The predicted octanol–water partition coefficient (Wildman–Crippen LogP) is 1.67. The van der Waals surface area contributed by atoms with Crippen LogP contribution in [0.4, 0.5) is 0 Å². The van der Waals surface area contributed by atoms with Crippen LogP contribution in [0.25, 0.3) is 6.08 Å². The van der Waals surface area contributed by atoms with Gasteiger partial charge in [0.05, 0.1) is 0 Å². The van der Waals surface area contributed by atoms with Gasteiger partial charge in [-0.15, -0.1) is 0 Å². The molecular formula is C11H13NO. The van der Waals surface area contributed by atoms with Crippen LogP contribution in [0.5, 0.6) is 0 Å². The van der Waals surface area contributed by atoms with Crippen LogP contribution in [0.15, 0.2) is 24.3 Å². The van der Waals surface area contributed by atoms with Crippen LogP contribution in [0.2, 0.25) is 0 Å². The molecule has 0 amide bonds. The second-order valence-corrected chi connectivity index (χ2v) is 2.89. The number of hydrogen-bond donors (Lipinski definition) is 1. The Balaban J connectivity index is 2.99. The highest BCUT2D eigenvalue weighted by atomic mass is 16.1. The molecule has 0 aliphatic carbocycles. The molecule has 0 saturated carbocycles. The third kappa shape index (κ3) is 2.53. The van der Waals surface area contributed by atoms with Gasteiger partial charge in [0.2, 0.25) is 0 Å². The van der Waals surface area contributed by atoms with Gasteiger partial charge < -0.3 is 5.73 Å².